The van der Waals surface area contributed by atoms with Gasteiger partial charge in [0.25, 0.3) is 0 Å². The Labute approximate surface area is 140 Å². The standard InChI is InChI=1S/C16H22ClFN2O3/c17-13-5-4-11(9-14(13)18)15(10-21)20-16(22)19-7-6-12-3-1-2-8-23-12/h4-5,9,12,15,21H,1-3,6-8,10H2,(H2,19,20,22). The summed E-state index contributed by atoms with van der Waals surface area (Å²) in [6, 6.07) is 3.08. The normalized spacial score (nSPS) is 19.2. The highest BCUT2D eigenvalue weighted by molar-refractivity contribution is 6.30. The van der Waals surface area contributed by atoms with Crippen molar-refractivity contribution in [1.82, 2.24) is 10.6 Å². The minimum absolute atomic E-state index is 0.00220. The summed E-state index contributed by atoms with van der Waals surface area (Å²) in [6.07, 6.45) is 4.23. The smallest absolute Gasteiger partial charge is 0.315 e. The van der Waals surface area contributed by atoms with Gasteiger partial charge >= 0.3 is 6.03 Å². The highest BCUT2D eigenvalue weighted by atomic mass is 35.5. The first-order valence-corrected chi connectivity index (χ1v) is 8.19. The van der Waals surface area contributed by atoms with Crippen LogP contribution in [0.2, 0.25) is 5.02 Å². The number of ether oxygens (including phenoxy) is 1. The molecule has 1 aromatic rings. The summed E-state index contributed by atoms with van der Waals surface area (Å²) in [7, 11) is 0. The van der Waals surface area contributed by atoms with Crippen molar-refractivity contribution in [1.29, 1.82) is 0 Å². The Morgan fingerprint density at radius 1 is 1.48 bits per heavy atom. The quantitative estimate of drug-likeness (QED) is 0.743. The van der Waals surface area contributed by atoms with Crippen molar-refractivity contribution in [2.24, 2.45) is 0 Å². The first-order valence-electron chi connectivity index (χ1n) is 7.82. The van der Waals surface area contributed by atoms with Crippen LogP contribution in [-0.4, -0.2) is 37.0 Å². The van der Waals surface area contributed by atoms with E-state index < -0.39 is 17.9 Å². The van der Waals surface area contributed by atoms with Gasteiger partial charge in [0.1, 0.15) is 5.82 Å². The maximum atomic E-state index is 13.5. The summed E-state index contributed by atoms with van der Waals surface area (Å²) in [5.41, 5.74) is 0.458. The largest absolute Gasteiger partial charge is 0.394 e. The van der Waals surface area contributed by atoms with Crippen LogP contribution >= 0.6 is 11.6 Å². The van der Waals surface area contributed by atoms with E-state index in [0.717, 1.165) is 32.3 Å². The van der Waals surface area contributed by atoms with E-state index in [1.807, 2.05) is 0 Å². The number of carbonyl (C=O) groups excluding carboxylic acids is 1. The number of carbonyl (C=O) groups is 1. The minimum Gasteiger partial charge on any atom is -0.394 e. The van der Waals surface area contributed by atoms with Crippen molar-refractivity contribution in [3.8, 4) is 0 Å². The first-order chi connectivity index (χ1) is 11.1. The molecule has 2 rings (SSSR count). The van der Waals surface area contributed by atoms with Crippen LogP contribution in [0.3, 0.4) is 0 Å². The number of aliphatic hydroxyl groups excluding tert-OH is 1. The van der Waals surface area contributed by atoms with E-state index in [1.54, 1.807) is 6.07 Å². The van der Waals surface area contributed by atoms with Crippen molar-refractivity contribution in [3.05, 3.63) is 34.6 Å². The van der Waals surface area contributed by atoms with Crippen LogP contribution in [0.4, 0.5) is 9.18 Å². The van der Waals surface area contributed by atoms with Gasteiger partial charge in [0, 0.05) is 13.2 Å². The summed E-state index contributed by atoms with van der Waals surface area (Å²) in [5.74, 6) is -0.584. The van der Waals surface area contributed by atoms with Gasteiger partial charge in [0.15, 0.2) is 0 Å². The molecular formula is C16H22ClFN2O3. The van der Waals surface area contributed by atoms with E-state index in [-0.39, 0.29) is 17.7 Å². The highest BCUT2D eigenvalue weighted by Crippen LogP contribution is 2.20. The summed E-state index contributed by atoms with van der Waals surface area (Å²) >= 11 is 5.63. The molecule has 3 N–H and O–H groups in total. The molecule has 23 heavy (non-hydrogen) atoms. The lowest BCUT2D eigenvalue weighted by Gasteiger charge is -2.23. The van der Waals surface area contributed by atoms with Crippen molar-refractivity contribution >= 4 is 17.6 Å². The van der Waals surface area contributed by atoms with Crippen LogP contribution in [0, 0.1) is 5.82 Å². The molecule has 0 saturated carbocycles. The Hall–Kier alpha value is -1.37. The van der Waals surface area contributed by atoms with Crippen LogP contribution < -0.4 is 10.6 Å². The third-order valence-corrected chi connectivity index (χ3v) is 4.17. The number of hydrogen-bond donors (Lipinski definition) is 3. The zero-order valence-electron chi connectivity index (χ0n) is 12.9. The van der Waals surface area contributed by atoms with Crippen LogP contribution in [0.25, 0.3) is 0 Å². The van der Waals surface area contributed by atoms with Crippen LogP contribution in [0.5, 0.6) is 0 Å². The zero-order chi connectivity index (χ0) is 16.7. The third kappa shape index (κ3) is 5.64. The molecule has 0 aromatic heterocycles. The lowest BCUT2D eigenvalue weighted by Crippen LogP contribution is -2.40. The fraction of sp³-hybridized carbons (Fsp3) is 0.562. The number of amides is 2. The summed E-state index contributed by atoms with van der Waals surface area (Å²) in [6.45, 7) is 0.940. The molecular weight excluding hydrogens is 323 g/mol. The Kier molecular flexibility index (Phi) is 7.08. The second-order valence-electron chi connectivity index (χ2n) is 5.59. The van der Waals surface area contributed by atoms with Gasteiger partial charge in [0.05, 0.1) is 23.8 Å². The molecule has 1 aliphatic rings. The molecule has 0 aliphatic carbocycles. The molecule has 0 bridgehead atoms. The monoisotopic (exact) mass is 344 g/mol. The second-order valence-corrected chi connectivity index (χ2v) is 5.99. The molecule has 0 radical (unpaired) electrons. The molecule has 0 spiro atoms. The average molecular weight is 345 g/mol. The van der Waals surface area contributed by atoms with Gasteiger partial charge in [-0.05, 0) is 43.4 Å². The molecule has 5 nitrogen and oxygen atoms in total. The number of urea groups is 1. The molecule has 1 heterocycles. The highest BCUT2D eigenvalue weighted by Gasteiger charge is 2.17. The summed E-state index contributed by atoms with van der Waals surface area (Å²) in [5, 5.41) is 14.7. The van der Waals surface area contributed by atoms with Crippen LogP contribution in [-0.2, 0) is 4.74 Å². The van der Waals surface area contributed by atoms with Crippen molar-refractivity contribution in [3.63, 3.8) is 0 Å². The van der Waals surface area contributed by atoms with Gasteiger partial charge in [-0.1, -0.05) is 17.7 Å². The molecule has 2 atom stereocenters. The SMILES string of the molecule is O=C(NCCC1CCCCO1)NC(CO)c1ccc(Cl)c(F)c1. The van der Waals surface area contributed by atoms with Gasteiger partial charge in [-0.15, -0.1) is 0 Å². The van der Waals surface area contributed by atoms with Crippen molar-refractivity contribution < 1.29 is 19.0 Å². The third-order valence-electron chi connectivity index (χ3n) is 3.86. The number of hydrogen-bond acceptors (Lipinski definition) is 3. The molecule has 2 unspecified atom stereocenters. The Balaban J connectivity index is 1.78. The Morgan fingerprint density at radius 3 is 2.96 bits per heavy atom. The minimum atomic E-state index is -0.687. The van der Waals surface area contributed by atoms with Crippen LogP contribution in [0.15, 0.2) is 18.2 Å². The summed E-state index contributed by atoms with van der Waals surface area (Å²) < 4.78 is 19.1. The molecule has 7 heteroatoms. The van der Waals surface area contributed by atoms with Crippen LogP contribution in [0.1, 0.15) is 37.3 Å². The fourth-order valence-corrected chi connectivity index (χ4v) is 2.67. The number of rotatable bonds is 6. The fourth-order valence-electron chi connectivity index (χ4n) is 2.55. The number of halogens is 2. The van der Waals surface area contributed by atoms with E-state index in [4.69, 9.17) is 16.3 Å². The topological polar surface area (TPSA) is 70.6 Å². The summed E-state index contributed by atoms with van der Waals surface area (Å²) in [4.78, 5) is 11.9. The molecule has 1 aromatic carbocycles. The van der Waals surface area contributed by atoms with Crippen molar-refractivity contribution in [2.45, 2.75) is 37.8 Å². The number of aliphatic hydroxyl groups is 1. The van der Waals surface area contributed by atoms with E-state index in [2.05, 4.69) is 10.6 Å². The number of benzene rings is 1. The first kappa shape index (κ1) is 18.0. The van der Waals surface area contributed by atoms with E-state index in [0.29, 0.717) is 12.1 Å². The average Bonchev–Trinajstić information content (AvgIpc) is 2.56. The Morgan fingerprint density at radius 2 is 2.30 bits per heavy atom. The van der Waals surface area contributed by atoms with E-state index >= 15 is 0 Å². The second kappa shape index (κ2) is 9.05. The maximum Gasteiger partial charge on any atom is 0.315 e. The molecule has 1 saturated heterocycles. The molecule has 1 fully saturated rings. The van der Waals surface area contributed by atoms with E-state index in [1.165, 1.54) is 12.1 Å². The van der Waals surface area contributed by atoms with Crippen molar-refractivity contribution in [2.75, 3.05) is 19.8 Å². The van der Waals surface area contributed by atoms with Gasteiger partial charge < -0.3 is 20.5 Å². The zero-order valence-corrected chi connectivity index (χ0v) is 13.6. The van der Waals surface area contributed by atoms with Gasteiger partial charge in [0.2, 0.25) is 0 Å². The van der Waals surface area contributed by atoms with Gasteiger partial charge in [-0.3, -0.25) is 0 Å². The molecule has 1 aliphatic heterocycles. The van der Waals surface area contributed by atoms with E-state index in [9.17, 15) is 14.3 Å². The molecule has 2 amide bonds. The Bertz CT molecular complexity index is 524. The maximum absolute atomic E-state index is 13.5. The lowest BCUT2D eigenvalue weighted by atomic mass is 10.1. The number of nitrogens with one attached hydrogen (secondary N) is 2. The predicted molar refractivity (Wildman–Crippen MR) is 86.0 cm³/mol. The predicted octanol–water partition coefficient (Wildman–Crippen LogP) is 2.77. The van der Waals surface area contributed by atoms with Gasteiger partial charge in [-0.25, -0.2) is 9.18 Å². The lowest BCUT2D eigenvalue weighted by molar-refractivity contribution is 0.0119. The van der Waals surface area contributed by atoms with Gasteiger partial charge in [-0.2, -0.15) is 0 Å². The molecule has 128 valence electrons.